The molecular weight excluding hydrogens is 416 g/mol. The molecule has 0 unspecified atom stereocenters. The first-order valence-corrected chi connectivity index (χ1v) is 11.5. The number of rotatable bonds is 5. The summed E-state index contributed by atoms with van der Waals surface area (Å²) in [6, 6.07) is 9.73. The van der Waals surface area contributed by atoms with Gasteiger partial charge in [0.05, 0.1) is 4.90 Å². The first kappa shape index (κ1) is 21.2. The third kappa shape index (κ3) is 4.24. The fourth-order valence-electron chi connectivity index (χ4n) is 3.57. The van der Waals surface area contributed by atoms with Crippen LogP contribution in [0.25, 0.3) is 11.5 Å². The van der Waals surface area contributed by atoms with Gasteiger partial charge in [0.15, 0.2) is 0 Å². The molecule has 1 aliphatic rings. The third-order valence-corrected chi connectivity index (χ3v) is 7.55. The van der Waals surface area contributed by atoms with Gasteiger partial charge >= 0.3 is 6.01 Å². The molecule has 0 atom stereocenters. The van der Waals surface area contributed by atoms with Crippen molar-refractivity contribution in [1.82, 2.24) is 14.5 Å². The lowest BCUT2D eigenvalue weighted by Gasteiger charge is -2.15. The molecule has 9 heteroatoms. The van der Waals surface area contributed by atoms with Crippen LogP contribution in [-0.4, -0.2) is 41.9 Å². The largest absolute Gasteiger partial charge is 0.403 e. The number of carbonyl (C=O) groups excluding carboxylic acids is 1. The fourth-order valence-corrected chi connectivity index (χ4v) is 5.09. The van der Waals surface area contributed by atoms with Gasteiger partial charge in [0.2, 0.25) is 15.9 Å². The lowest BCUT2D eigenvalue weighted by molar-refractivity contribution is 0.102. The van der Waals surface area contributed by atoms with Crippen molar-refractivity contribution < 1.29 is 17.6 Å². The average molecular weight is 441 g/mol. The molecule has 3 aromatic rings. The highest BCUT2D eigenvalue weighted by atomic mass is 32.2. The second kappa shape index (κ2) is 8.24. The van der Waals surface area contributed by atoms with E-state index in [1.54, 1.807) is 0 Å². The van der Waals surface area contributed by atoms with Crippen molar-refractivity contribution in [3.63, 3.8) is 0 Å². The zero-order valence-corrected chi connectivity index (χ0v) is 18.5. The first-order chi connectivity index (χ1) is 14.8. The van der Waals surface area contributed by atoms with Gasteiger partial charge in [-0.2, -0.15) is 4.31 Å². The average Bonchev–Trinajstić information content (AvgIpc) is 3.44. The summed E-state index contributed by atoms with van der Waals surface area (Å²) in [6.45, 7) is 7.14. The Labute approximate surface area is 181 Å². The number of amides is 1. The molecule has 0 radical (unpaired) electrons. The van der Waals surface area contributed by atoms with Crippen LogP contribution in [0, 0.1) is 20.8 Å². The molecule has 2 aromatic carbocycles. The second-order valence-electron chi connectivity index (χ2n) is 7.74. The van der Waals surface area contributed by atoms with Crippen molar-refractivity contribution in [2.75, 3.05) is 18.4 Å². The number of sulfonamides is 1. The van der Waals surface area contributed by atoms with Crippen molar-refractivity contribution >= 4 is 21.9 Å². The highest BCUT2D eigenvalue weighted by Gasteiger charge is 2.27. The number of aryl methyl sites for hydroxylation is 2. The lowest BCUT2D eigenvalue weighted by atomic mass is 10.0. The summed E-state index contributed by atoms with van der Waals surface area (Å²) in [6.07, 6.45) is 1.74. The maximum atomic E-state index is 12.6. The van der Waals surface area contributed by atoms with Crippen LogP contribution < -0.4 is 5.32 Å². The molecule has 4 rings (SSSR count). The van der Waals surface area contributed by atoms with Gasteiger partial charge in [0.25, 0.3) is 5.91 Å². The molecule has 1 N–H and O–H groups in total. The van der Waals surface area contributed by atoms with E-state index in [0.29, 0.717) is 24.5 Å². The number of aromatic nitrogens is 2. The zero-order chi connectivity index (χ0) is 22.2. The number of nitrogens with zero attached hydrogens (tertiary/aromatic N) is 3. The third-order valence-electron chi connectivity index (χ3n) is 5.64. The predicted octanol–water partition coefficient (Wildman–Crippen LogP) is 3.70. The molecule has 0 bridgehead atoms. The van der Waals surface area contributed by atoms with Crippen LogP contribution in [0.2, 0.25) is 0 Å². The number of hydrogen-bond donors (Lipinski definition) is 1. The van der Waals surface area contributed by atoms with Gasteiger partial charge in [0, 0.05) is 24.2 Å². The topological polar surface area (TPSA) is 105 Å². The molecule has 2 heterocycles. The highest BCUT2D eigenvalue weighted by molar-refractivity contribution is 7.89. The minimum atomic E-state index is -3.52. The Morgan fingerprint density at radius 2 is 1.61 bits per heavy atom. The van der Waals surface area contributed by atoms with Gasteiger partial charge in [-0.25, -0.2) is 8.42 Å². The zero-order valence-electron chi connectivity index (χ0n) is 17.7. The molecule has 1 saturated heterocycles. The normalized spacial score (nSPS) is 14.7. The molecule has 8 nitrogen and oxygen atoms in total. The Bertz CT molecular complexity index is 1200. The van der Waals surface area contributed by atoms with Crippen LogP contribution >= 0.6 is 0 Å². The van der Waals surface area contributed by atoms with Crippen LogP contribution in [-0.2, 0) is 10.0 Å². The Hall–Kier alpha value is -3.04. The van der Waals surface area contributed by atoms with E-state index < -0.39 is 15.9 Å². The van der Waals surface area contributed by atoms with Gasteiger partial charge < -0.3 is 4.42 Å². The smallest absolute Gasteiger partial charge is 0.322 e. The standard InChI is InChI=1S/C22H24N4O4S/c1-14-12-18(13-15(2)16(14)3)21-24-25-22(30-21)23-20(27)17-6-8-19(9-7-17)31(28,29)26-10-4-5-11-26/h6-9,12-13H,4-5,10-11H2,1-3H3,(H,23,25,27). The number of carbonyl (C=O) groups is 1. The van der Waals surface area contributed by atoms with E-state index in [0.717, 1.165) is 29.5 Å². The van der Waals surface area contributed by atoms with Crippen molar-refractivity contribution in [2.24, 2.45) is 0 Å². The Balaban J connectivity index is 1.48. The molecule has 1 fully saturated rings. The summed E-state index contributed by atoms with van der Waals surface area (Å²) in [5, 5.41) is 10.5. The van der Waals surface area contributed by atoms with Crippen molar-refractivity contribution in [3.8, 4) is 11.5 Å². The molecule has 0 saturated carbocycles. The first-order valence-electron chi connectivity index (χ1n) is 10.1. The summed E-state index contributed by atoms with van der Waals surface area (Å²) < 4.78 is 32.3. The van der Waals surface area contributed by atoms with Crippen LogP contribution in [0.15, 0.2) is 45.7 Å². The Morgan fingerprint density at radius 3 is 2.23 bits per heavy atom. The maximum absolute atomic E-state index is 12.6. The Kier molecular flexibility index (Phi) is 5.63. The minimum Gasteiger partial charge on any atom is -0.403 e. The van der Waals surface area contributed by atoms with Crippen LogP contribution in [0.3, 0.4) is 0 Å². The number of nitrogens with one attached hydrogen (secondary N) is 1. The molecule has 1 aromatic heterocycles. The van der Waals surface area contributed by atoms with Crippen LogP contribution in [0.5, 0.6) is 0 Å². The van der Waals surface area contributed by atoms with E-state index in [2.05, 4.69) is 22.4 Å². The Morgan fingerprint density at radius 1 is 1.00 bits per heavy atom. The van der Waals surface area contributed by atoms with Gasteiger partial charge in [-0.3, -0.25) is 10.1 Å². The quantitative estimate of drug-likeness (QED) is 0.649. The predicted molar refractivity (Wildman–Crippen MR) is 116 cm³/mol. The summed E-state index contributed by atoms with van der Waals surface area (Å²) in [7, 11) is -3.52. The van der Waals surface area contributed by atoms with E-state index in [1.807, 2.05) is 26.0 Å². The van der Waals surface area contributed by atoms with Crippen LogP contribution in [0.1, 0.15) is 39.9 Å². The molecule has 1 amide bonds. The lowest BCUT2D eigenvalue weighted by Crippen LogP contribution is -2.27. The number of benzene rings is 2. The molecule has 1 aliphatic heterocycles. The van der Waals surface area contributed by atoms with Gasteiger partial charge in [-0.05, 0) is 86.7 Å². The molecule has 0 aliphatic carbocycles. The van der Waals surface area contributed by atoms with E-state index in [1.165, 1.54) is 34.1 Å². The van der Waals surface area contributed by atoms with Gasteiger partial charge in [0.1, 0.15) is 0 Å². The molecular formula is C22H24N4O4S. The second-order valence-corrected chi connectivity index (χ2v) is 9.68. The van der Waals surface area contributed by atoms with E-state index in [4.69, 9.17) is 4.42 Å². The maximum Gasteiger partial charge on any atom is 0.322 e. The molecule has 0 spiro atoms. The molecule has 162 valence electrons. The van der Waals surface area contributed by atoms with Crippen LogP contribution in [0.4, 0.5) is 6.01 Å². The summed E-state index contributed by atoms with van der Waals surface area (Å²) in [5.74, 6) is -0.148. The van der Waals surface area contributed by atoms with Crippen molar-refractivity contribution in [2.45, 2.75) is 38.5 Å². The summed E-state index contributed by atoms with van der Waals surface area (Å²) >= 11 is 0. The van der Waals surface area contributed by atoms with Crippen molar-refractivity contribution in [3.05, 3.63) is 58.7 Å². The SMILES string of the molecule is Cc1cc(-c2nnc(NC(=O)c3ccc(S(=O)(=O)N4CCCC4)cc3)o2)cc(C)c1C. The molecule has 31 heavy (non-hydrogen) atoms. The summed E-state index contributed by atoms with van der Waals surface area (Å²) in [5.41, 5.74) is 4.50. The minimum absolute atomic E-state index is 0.0235. The van der Waals surface area contributed by atoms with E-state index >= 15 is 0 Å². The fraction of sp³-hybridized carbons (Fsp3) is 0.318. The van der Waals surface area contributed by atoms with E-state index in [-0.39, 0.29) is 10.9 Å². The monoisotopic (exact) mass is 440 g/mol. The van der Waals surface area contributed by atoms with E-state index in [9.17, 15) is 13.2 Å². The number of anilines is 1. The summed E-state index contributed by atoms with van der Waals surface area (Å²) in [4.78, 5) is 12.7. The van der Waals surface area contributed by atoms with Gasteiger partial charge in [-0.15, -0.1) is 5.10 Å². The number of hydrogen-bond acceptors (Lipinski definition) is 6. The highest BCUT2D eigenvalue weighted by Crippen LogP contribution is 2.25. The van der Waals surface area contributed by atoms with Crippen molar-refractivity contribution in [1.29, 1.82) is 0 Å². The van der Waals surface area contributed by atoms with Gasteiger partial charge in [-0.1, -0.05) is 5.10 Å².